The summed E-state index contributed by atoms with van der Waals surface area (Å²) in [4.78, 5) is 21.6. The van der Waals surface area contributed by atoms with E-state index < -0.39 is 0 Å². The molecule has 1 aromatic heterocycles. The maximum Gasteiger partial charge on any atom is 0.258 e. The van der Waals surface area contributed by atoms with Gasteiger partial charge in [-0.2, -0.15) is 0 Å². The minimum absolute atomic E-state index is 0.0502. The van der Waals surface area contributed by atoms with Gasteiger partial charge in [0, 0.05) is 12.0 Å². The molecule has 1 fully saturated rings. The number of benzene rings is 2. The molecule has 3 aromatic rings. The van der Waals surface area contributed by atoms with E-state index in [0.717, 1.165) is 36.6 Å². The Hall–Kier alpha value is -2.66. The Morgan fingerprint density at radius 3 is 2.74 bits per heavy atom. The molecule has 0 amide bonds. The molecule has 140 valence electrons. The zero-order valence-electron chi connectivity index (χ0n) is 15.7. The fourth-order valence-corrected chi connectivity index (χ4v) is 4.14. The van der Waals surface area contributed by atoms with Crippen LogP contribution in [0.15, 0.2) is 53.3 Å². The minimum atomic E-state index is -0.0502. The third-order valence-corrected chi connectivity index (χ3v) is 5.56. The highest BCUT2D eigenvalue weighted by Gasteiger charge is 2.27. The van der Waals surface area contributed by atoms with Gasteiger partial charge in [-0.25, -0.2) is 4.98 Å². The number of methoxy groups -OCH3 is 1. The SMILES string of the molecule is COc1ccc([C@H]2CCCCC[NH+]2Cc2nc3ccccc3c(=O)[nH]2)cc1. The maximum absolute atomic E-state index is 12.4. The van der Waals surface area contributed by atoms with Crippen molar-refractivity contribution < 1.29 is 9.64 Å². The van der Waals surface area contributed by atoms with Gasteiger partial charge in [0.2, 0.25) is 0 Å². The van der Waals surface area contributed by atoms with E-state index >= 15 is 0 Å². The number of quaternary nitrogens is 1. The Morgan fingerprint density at radius 1 is 1.11 bits per heavy atom. The molecule has 1 saturated heterocycles. The number of likely N-dealkylation sites (tertiary alicyclic amines) is 1. The van der Waals surface area contributed by atoms with Crippen molar-refractivity contribution >= 4 is 10.9 Å². The molecule has 27 heavy (non-hydrogen) atoms. The van der Waals surface area contributed by atoms with Crippen LogP contribution >= 0.6 is 0 Å². The number of hydrogen-bond acceptors (Lipinski definition) is 3. The highest BCUT2D eigenvalue weighted by Crippen LogP contribution is 2.22. The molecule has 2 atom stereocenters. The van der Waals surface area contributed by atoms with Gasteiger partial charge in [0.1, 0.15) is 18.3 Å². The molecule has 1 aliphatic heterocycles. The number of aromatic nitrogens is 2. The van der Waals surface area contributed by atoms with Crippen molar-refractivity contribution in [2.75, 3.05) is 13.7 Å². The quantitative estimate of drug-likeness (QED) is 0.748. The van der Waals surface area contributed by atoms with Crippen LogP contribution < -0.4 is 15.2 Å². The number of aromatic amines is 1. The molecule has 0 saturated carbocycles. The van der Waals surface area contributed by atoms with Crippen molar-refractivity contribution in [1.29, 1.82) is 0 Å². The molecule has 1 aliphatic rings. The lowest BCUT2D eigenvalue weighted by Crippen LogP contribution is -3.10. The Labute approximate surface area is 159 Å². The molecule has 2 N–H and O–H groups in total. The molecule has 2 aromatic carbocycles. The normalized spacial score (nSPS) is 20.3. The Bertz CT molecular complexity index is 965. The average molecular weight is 364 g/mol. The van der Waals surface area contributed by atoms with Crippen LogP contribution in [0.3, 0.4) is 0 Å². The van der Waals surface area contributed by atoms with Crippen LogP contribution in [0.2, 0.25) is 0 Å². The first-order chi connectivity index (χ1) is 13.2. The average Bonchev–Trinajstić information content (AvgIpc) is 2.93. The fraction of sp³-hybridized carbons (Fsp3) is 0.364. The Kier molecular flexibility index (Phi) is 5.21. The van der Waals surface area contributed by atoms with Crippen LogP contribution in [0.1, 0.15) is 43.1 Å². The van der Waals surface area contributed by atoms with Gasteiger partial charge < -0.3 is 14.6 Å². The van der Waals surface area contributed by atoms with E-state index in [1.54, 1.807) is 7.11 Å². The predicted octanol–water partition coefficient (Wildman–Crippen LogP) is 2.63. The predicted molar refractivity (Wildman–Crippen MR) is 106 cm³/mol. The summed E-state index contributed by atoms with van der Waals surface area (Å²) in [5.74, 6) is 1.66. The summed E-state index contributed by atoms with van der Waals surface area (Å²) in [6, 6.07) is 16.4. The molecule has 5 heteroatoms. The molecule has 0 bridgehead atoms. The van der Waals surface area contributed by atoms with Crippen LogP contribution in [-0.2, 0) is 6.54 Å². The van der Waals surface area contributed by atoms with Crippen molar-refractivity contribution in [3.05, 3.63) is 70.3 Å². The molecule has 2 heterocycles. The van der Waals surface area contributed by atoms with Crippen LogP contribution in [0.5, 0.6) is 5.75 Å². The van der Waals surface area contributed by atoms with Crippen molar-refractivity contribution in [2.24, 2.45) is 0 Å². The summed E-state index contributed by atoms with van der Waals surface area (Å²) in [6.07, 6.45) is 4.86. The van der Waals surface area contributed by atoms with Gasteiger partial charge in [-0.05, 0) is 55.7 Å². The van der Waals surface area contributed by atoms with Crippen LogP contribution in [0.25, 0.3) is 10.9 Å². The number of para-hydroxylation sites is 1. The van der Waals surface area contributed by atoms with E-state index in [2.05, 4.69) is 17.1 Å². The number of nitrogens with one attached hydrogen (secondary N) is 2. The lowest BCUT2D eigenvalue weighted by atomic mass is 10.0. The number of hydrogen-bond donors (Lipinski definition) is 2. The number of fused-ring (bicyclic) bond motifs is 1. The minimum Gasteiger partial charge on any atom is -0.497 e. The number of rotatable bonds is 4. The lowest BCUT2D eigenvalue weighted by Gasteiger charge is -2.27. The van der Waals surface area contributed by atoms with Crippen LogP contribution in [-0.4, -0.2) is 23.6 Å². The zero-order chi connectivity index (χ0) is 18.6. The van der Waals surface area contributed by atoms with E-state index in [1.165, 1.54) is 29.7 Å². The van der Waals surface area contributed by atoms with E-state index in [-0.39, 0.29) is 5.56 Å². The summed E-state index contributed by atoms with van der Waals surface area (Å²) in [6.45, 7) is 1.82. The Morgan fingerprint density at radius 2 is 1.93 bits per heavy atom. The summed E-state index contributed by atoms with van der Waals surface area (Å²) in [5.41, 5.74) is 2.05. The number of nitrogens with zero attached hydrogens (tertiary/aromatic N) is 1. The van der Waals surface area contributed by atoms with Crippen LogP contribution in [0, 0.1) is 0 Å². The number of ether oxygens (including phenoxy) is 1. The second kappa shape index (κ2) is 7.92. The van der Waals surface area contributed by atoms with Crippen molar-refractivity contribution in [3.8, 4) is 5.75 Å². The topological polar surface area (TPSA) is 59.4 Å². The third-order valence-electron chi connectivity index (χ3n) is 5.56. The highest BCUT2D eigenvalue weighted by atomic mass is 16.5. The largest absolute Gasteiger partial charge is 0.497 e. The van der Waals surface area contributed by atoms with E-state index in [1.807, 2.05) is 36.4 Å². The molecule has 0 spiro atoms. The zero-order valence-corrected chi connectivity index (χ0v) is 15.7. The molecule has 4 rings (SSSR count). The molecular weight excluding hydrogens is 338 g/mol. The van der Waals surface area contributed by atoms with E-state index in [4.69, 9.17) is 9.72 Å². The first-order valence-electron chi connectivity index (χ1n) is 9.71. The van der Waals surface area contributed by atoms with Gasteiger partial charge in [0.25, 0.3) is 5.56 Å². The third kappa shape index (κ3) is 3.88. The van der Waals surface area contributed by atoms with Gasteiger partial charge in [-0.15, -0.1) is 0 Å². The van der Waals surface area contributed by atoms with Crippen LogP contribution in [0.4, 0.5) is 0 Å². The second-order valence-corrected chi connectivity index (χ2v) is 7.29. The molecule has 1 unspecified atom stereocenters. The summed E-state index contributed by atoms with van der Waals surface area (Å²) >= 11 is 0. The van der Waals surface area contributed by atoms with Gasteiger partial charge >= 0.3 is 0 Å². The van der Waals surface area contributed by atoms with Crippen molar-refractivity contribution in [3.63, 3.8) is 0 Å². The lowest BCUT2D eigenvalue weighted by molar-refractivity contribution is -0.945. The van der Waals surface area contributed by atoms with Gasteiger partial charge in [0.15, 0.2) is 5.82 Å². The molecule has 5 nitrogen and oxygen atoms in total. The smallest absolute Gasteiger partial charge is 0.258 e. The molecular formula is C22H26N3O2+. The monoisotopic (exact) mass is 364 g/mol. The Balaban J connectivity index is 1.63. The van der Waals surface area contributed by atoms with Gasteiger partial charge in [0.05, 0.1) is 24.6 Å². The maximum atomic E-state index is 12.4. The standard InChI is InChI=1S/C22H25N3O2/c1-27-17-12-10-16(11-13-17)20-9-3-2-6-14-25(20)15-21-23-19-8-5-4-7-18(19)22(26)24-21/h4-5,7-8,10-13,20H,2-3,6,9,14-15H2,1H3,(H,23,24,26)/p+1/t20-/m1/s1. The summed E-state index contributed by atoms with van der Waals surface area (Å²) in [5, 5.41) is 0.652. The fourth-order valence-electron chi connectivity index (χ4n) is 4.14. The van der Waals surface area contributed by atoms with E-state index in [0.29, 0.717) is 11.4 Å². The molecule has 0 aliphatic carbocycles. The first-order valence-corrected chi connectivity index (χ1v) is 9.71. The van der Waals surface area contributed by atoms with Crippen molar-refractivity contribution in [2.45, 2.75) is 38.3 Å². The van der Waals surface area contributed by atoms with Gasteiger partial charge in [-0.1, -0.05) is 12.1 Å². The van der Waals surface area contributed by atoms with Crippen molar-refractivity contribution in [1.82, 2.24) is 9.97 Å². The number of H-pyrrole nitrogens is 1. The molecule has 0 radical (unpaired) electrons. The summed E-state index contributed by atoms with van der Waals surface area (Å²) < 4.78 is 5.30. The second-order valence-electron chi connectivity index (χ2n) is 7.29. The highest BCUT2D eigenvalue weighted by molar-refractivity contribution is 5.77. The first kappa shape index (κ1) is 17.7. The van der Waals surface area contributed by atoms with Gasteiger partial charge in [-0.3, -0.25) is 4.79 Å². The summed E-state index contributed by atoms with van der Waals surface area (Å²) in [7, 11) is 1.69. The van der Waals surface area contributed by atoms with E-state index in [9.17, 15) is 4.79 Å².